The third-order valence-electron chi connectivity index (χ3n) is 1.80. The molecule has 0 heterocycles. The topological polar surface area (TPSA) is 29.5 Å². The molecule has 9 heteroatoms. The highest BCUT2D eigenvalue weighted by molar-refractivity contribution is 6.17. The van der Waals surface area contributed by atoms with Crippen LogP contribution in [0, 0.1) is 0 Å². The molecule has 1 radical (unpaired) electrons. The fourth-order valence-electron chi connectivity index (χ4n) is 1.16. The van der Waals surface area contributed by atoms with Gasteiger partial charge in [-0.25, -0.2) is 0 Å². The Bertz CT molecular complexity index is 368. The molecule has 1 rings (SSSR count). The Balaban J connectivity index is 3.43. The normalized spacial score (nSPS) is 12.4. The highest BCUT2D eigenvalue weighted by atomic mass is 19.4. The zero-order valence-corrected chi connectivity index (χ0v) is 7.93. The van der Waals surface area contributed by atoms with Gasteiger partial charge in [0.1, 0.15) is 5.75 Å². The Hall–Kier alpha value is -1.38. The van der Waals surface area contributed by atoms with Gasteiger partial charge >= 0.3 is 20.0 Å². The summed E-state index contributed by atoms with van der Waals surface area (Å²) in [6.07, 6.45) is -10.0. The third kappa shape index (κ3) is 3.05. The maximum Gasteiger partial charge on any atom is 0.569 e. The monoisotopic (exact) mass is 257 g/mol. The molecule has 17 heavy (non-hydrogen) atoms. The fraction of sp³-hybridized carbons (Fsp3) is 0.250. The van der Waals surface area contributed by atoms with Crippen molar-refractivity contribution < 1.29 is 36.0 Å². The first-order valence-corrected chi connectivity index (χ1v) is 4.08. The van der Waals surface area contributed by atoms with Crippen molar-refractivity contribution in [2.45, 2.75) is 12.4 Å². The standard InChI is InChI=1S/C8H4BF6O2/c10-7(11,12)4-2-1-3-5(8(13,14)15)6(4)17-9-16/h1-3,16H. The summed E-state index contributed by atoms with van der Waals surface area (Å²) >= 11 is 0. The molecule has 0 saturated carbocycles. The fourth-order valence-corrected chi connectivity index (χ4v) is 1.16. The molecule has 0 spiro atoms. The average Bonchev–Trinajstić information content (AvgIpc) is 2.15. The average molecular weight is 257 g/mol. The first kappa shape index (κ1) is 13.7. The molecule has 1 aromatic carbocycles. The van der Waals surface area contributed by atoms with E-state index >= 15 is 0 Å². The van der Waals surface area contributed by atoms with Crippen molar-refractivity contribution in [1.29, 1.82) is 0 Å². The minimum atomic E-state index is -5.01. The van der Waals surface area contributed by atoms with E-state index in [1.54, 1.807) is 0 Å². The van der Waals surface area contributed by atoms with Crippen molar-refractivity contribution >= 4 is 7.69 Å². The van der Waals surface area contributed by atoms with Gasteiger partial charge in [0, 0.05) is 0 Å². The lowest BCUT2D eigenvalue weighted by Gasteiger charge is -2.17. The first-order valence-electron chi connectivity index (χ1n) is 4.08. The van der Waals surface area contributed by atoms with Gasteiger partial charge in [0.05, 0.1) is 11.1 Å². The Labute approximate surface area is 92.1 Å². The van der Waals surface area contributed by atoms with E-state index in [-0.39, 0.29) is 7.69 Å². The van der Waals surface area contributed by atoms with Crippen molar-refractivity contribution in [3.05, 3.63) is 29.3 Å². The van der Waals surface area contributed by atoms with Gasteiger partial charge in [-0.15, -0.1) is 0 Å². The molecule has 1 aromatic rings. The molecule has 0 aromatic heterocycles. The second-order valence-electron chi connectivity index (χ2n) is 2.90. The van der Waals surface area contributed by atoms with E-state index in [2.05, 4.69) is 4.65 Å². The smallest absolute Gasteiger partial charge is 0.537 e. The predicted octanol–water partition coefficient (Wildman–Crippen LogP) is 2.63. The lowest BCUT2D eigenvalue weighted by Crippen LogP contribution is -2.16. The molecular weight excluding hydrogens is 253 g/mol. The van der Waals surface area contributed by atoms with Crippen LogP contribution in [-0.4, -0.2) is 12.7 Å². The van der Waals surface area contributed by atoms with Gasteiger partial charge in [-0.2, -0.15) is 26.3 Å². The minimum Gasteiger partial charge on any atom is -0.537 e. The van der Waals surface area contributed by atoms with Gasteiger partial charge in [0.25, 0.3) is 0 Å². The molecule has 0 atom stereocenters. The lowest BCUT2D eigenvalue weighted by molar-refractivity contribution is -0.144. The van der Waals surface area contributed by atoms with Crippen molar-refractivity contribution in [2.24, 2.45) is 0 Å². The van der Waals surface area contributed by atoms with Crippen molar-refractivity contribution in [3.8, 4) is 5.75 Å². The highest BCUT2D eigenvalue weighted by Crippen LogP contribution is 2.43. The molecule has 93 valence electrons. The Morgan fingerprint density at radius 3 is 1.65 bits per heavy atom. The molecule has 0 saturated heterocycles. The molecule has 1 N–H and O–H groups in total. The van der Waals surface area contributed by atoms with Crippen LogP contribution in [0.4, 0.5) is 26.3 Å². The number of hydrogen-bond donors (Lipinski definition) is 1. The minimum absolute atomic E-state index is 0.236. The highest BCUT2D eigenvalue weighted by Gasteiger charge is 2.41. The second kappa shape index (κ2) is 4.48. The summed E-state index contributed by atoms with van der Waals surface area (Å²) in [5.41, 5.74) is -3.23. The van der Waals surface area contributed by atoms with Crippen molar-refractivity contribution in [2.75, 3.05) is 0 Å². The van der Waals surface area contributed by atoms with E-state index in [9.17, 15) is 26.3 Å². The first-order chi connectivity index (χ1) is 7.68. The van der Waals surface area contributed by atoms with Crippen LogP contribution < -0.4 is 4.65 Å². The maximum absolute atomic E-state index is 12.4. The Morgan fingerprint density at radius 1 is 0.941 bits per heavy atom. The number of benzene rings is 1. The predicted molar refractivity (Wildman–Crippen MR) is 45.0 cm³/mol. The SMILES string of the molecule is O[B]Oc1c(C(F)(F)F)cccc1C(F)(F)F. The number of para-hydroxylation sites is 1. The number of alkyl halides is 6. The van der Waals surface area contributed by atoms with Gasteiger partial charge < -0.3 is 9.68 Å². The summed E-state index contributed by atoms with van der Waals surface area (Å²) in [6.45, 7) is 0. The summed E-state index contributed by atoms with van der Waals surface area (Å²) in [6, 6.07) is 1.46. The molecule has 0 amide bonds. The van der Waals surface area contributed by atoms with Crippen molar-refractivity contribution in [3.63, 3.8) is 0 Å². The van der Waals surface area contributed by atoms with E-state index in [4.69, 9.17) is 5.02 Å². The molecule has 0 aliphatic heterocycles. The van der Waals surface area contributed by atoms with E-state index in [0.29, 0.717) is 18.2 Å². The van der Waals surface area contributed by atoms with Gasteiger partial charge in [-0.05, 0) is 12.1 Å². The summed E-state index contributed by atoms with van der Waals surface area (Å²) in [4.78, 5) is 0. The van der Waals surface area contributed by atoms with Crippen LogP contribution >= 0.6 is 0 Å². The summed E-state index contributed by atoms with van der Waals surface area (Å²) < 4.78 is 78.3. The quantitative estimate of drug-likeness (QED) is 0.651. The van der Waals surface area contributed by atoms with Gasteiger partial charge in [0.2, 0.25) is 0 Å². The van der Waals surface area contributed by atoms with Crippen LogP contribution in [0.1, 0.15) is 11.1 Å². The van der Waals surface area contributed by atoms with Gasteiger partial charge in [-0.3, -0.25) is 0 Å². The van der Waals surface area contributed by atoms with Gasteiger partial charge in [-0.1, -0.05) is 6.07 Å². The van der Waals surface area contributed by atoms with Crippen LogP contribution in [0.2, 0.25) is 0 Å². The summed E-state index contributed by atoms with van der Waals surface area (Å²) in [5.74, 6) is -1.48. The van der Waals surface area contributed by atoms with E-state index < -0.39 is 29.2 Å². The Morgan fingerprint density at radius 2 is 1.35 bits per heavy atom. The van der Waals surface area contributed by atoms with Crippen LogP contribution in [-0.2, 0) is 12.4 Å². The second-order valence-corrected chi connectivity index (χ2v) is 2.90. The van der Waals surface area contributed by atoms with Crippen LogP contribution in [0.5, 0.6) is 5.75 Å². The lowest BCUT2D eigenvalue weighted by atomic mass is 10.1. The molecule has 0 unspecified atom stereocenters. The molecule has 0 aliphatic carbocycles. The third-order valence-corrected chi connectivity index (χ3v) is 1.80. The molecule has 0 aliphatic rings. The molecular formula is C8H4BF6O2. The number of rotatable bonds is 2. The largest absolute Gasteiger partial charge is 0.569 e. The van der Waals surface area contributed by atoms with Crippen molar-refractivity contribution in [1.82, 2.24) is 0 Å². The van der Waals surface area contributed by atoms with E-state index in [0.717, 1.165) is 0 Å². The number of halogens is 6. The number of hydrogen-bond acceptors (Lipinski definition) is 2. The maximum atomic E-state index is 12.4. The summed E-state index contributed by atoms with van der Waals surface area (Å²) in [5, 5.41) is 8.22. The summed E-state index contributed by atoms with van der Waals surface area (Å²) in [7, 11) is -0.236. The Kier molecular flexibility index (Phi) is 3.61. The molecule has 0 fully saturated rings. The molecule has 0 bridgehead atoms. The van der Waals surface area contributed by atoms with E-state index in [1.807, 2.05) is 0 Å². The van der Waals surface area contributed by atoms with Crippen LogP contribution in [0.3, 0.4) is 0 Å². The van der Waals surface area contributed by atoms with Crippen LogP contribution in [0.15, 0.2) is 18.2 Å². The zero-order valence-electron chi connectivity index (χ0n) is 7.93. The van der Waals surface area contributed by atoms with Crippen LogP contribution in [0.25, 0.3) is 0 Å². The van der Waals surface area contributed by atoms with Gasteiger partial charge in [0.15, 0.2) is 0 Å². The van der Waals surface area contributed by atoms with E-state index in [1.165, 1.54) is 0 Å². The molecule has 2 nitrogen and oxygen atoms in total. The zero-order chi connectivity index (χ0) is 13.3.